The molecule has 0 fully saturated rings. The van der Waals surface area contributed by atoms with Crippen LogP contribution in [0.3, 0.4) is 0 Å². The summed E-state index contributed by atoms with van der Waals surface area (Å²) >= 11 is 0. The lowest BCUT2D eigenvalue weighted by atomic mass is 10.1. The topological polar surface area (TPSA) is 106 Å². The molecule has 9 nitrogen and oxygen atoms in total. The molecular formula is C23H18N8O. The highest BCUT2D eigenvalue weighted by Gasteiger charge is 2.12. The second-order valence-electron chi connectivity index (χ2n) is 7.10. The summed E-state index contributed by atoms with van der Waals surface area (Å²) in [5, 5.41) is 16.8. The molecule has 2 aromatic carbocycles. The lowest BCUT2D eigenvalue weighted by Crippen LogP contribution is -1.99. The molecule has 0 radical (unpaired) electrons. The predicted octanol–water partition coefficient (Wildman–Crippen LogP) is 3.91. The molecule has 3 heterocycles. The van der Waals surface area contributed by atoms with E-state index >= 15 is 0 Å². The van der Waals surface area contributed by atoms with E-state index in [0.717, 1.165) is 28.3 Å². The van der Waals surface area contributed by atoms with E-state index in [9.17, 15) is 0 Å². The third-order valence-electron chi connectivity index (χ3n) is 4.98. The Balaban J connectivity index is 1.47. The lowest BCUT2D eigenvalue weighted by molar-refractivity contribution is 0.413. The number of anilines is 2. The van der Waals surface area contributed by atoms with Crippen molar-refractivity contribution in [2.24, 2.45) is 0 Å². The Morgan fingerprint density at radius 3 is 2.62 bits per heavy atom. The van der Waals surface area contributed by atoms with Crippen molar-refractivity contribution in [3.8, 4) is 28.8 Å². The number of hydrogen-bond donors (Lipinski definition) is 1. The smallest absolute Gasteiger partial charge is 0.254 e. The molecule has 9 heteroatoms. The zero-order valence-electron chi connectivity index (χ0n) is 17.4. The Morgan fingerprint density at radius 2 is 1.91 bits per heavy atom. The molecule has 3 aromatic heterocycles. The second-order valence-corrected chi connectivity index (χ2v) is 7.10. The number of imidazole rings is 1. The van der Waals surface area contributed by atoms with Crippen molar-refractivity contribution in [2.45, 2.75) is 6.92 Å². The first kappa shape index (κ1) is 19.3. The van der Waals surface area contributed by atoms with Crippen LogP contribution in [0.4, 0.5) is 11.6 Å². The number of aromatic nitrogens is 6. The summed E-state index contributed by atoms with van der Waals surface area (Å²) in [5.41, 5.74) is 4.92. The van der Waals surface area contributed by atoms with Crippen LogP contribution in [-0.4, -0.2) is 36.2 Å². The van der Waals surface area contributed by atoms with Crippen molar-refractivity contribution in [2.75, 3.05) is 12.4 Å². The Morgan fingerprint density at radius 1 is 1.06 bits per heavy atom. The van der Waals surface area contributed by atoms with Gasteiger partial charge in [0.25, 0.3) is 5.78 Å². The number of nitrogens with zero attached hydrogens (tertiary/aromatic N) is 7. The summed E-state index contributed by atoms with van der Waals surface area (Å²) in [6.45, 7) is 1.94. The summed E-state index contributed by atoms with van der Waals surface area (Å²) in [7, 11) is 1.63. The van der Waals surface area contributed by atoms with Crippen LogP contribution in [0.5, 0.6) is 5.75 Å². The fraction of sp³-hybridized carbons (Fsp3) is 0.0870. The average Bonchev–Trinajstić information content (AvgIpc) is 3.44. The van der Waals surface area contributed by atoms with Gasteiger partial charge in [0.15, 0.2) is 0 Å². The first-order valence-electron chi connectivity index (χ1n) is 9.83. The first-order valence-corrected chi connectivity index (χ1v) is 9.83. The third kappa shape index (κ3) is 3.50. The number of nitrogens with one attached hydrogen (secondary N) is 1. The molecule has 156 valence electrons. The number of nitriles is 1. The number of aryl methyl sites for hydroxylation is 1. The SMILES string of the molecule is COc1cc(Nc2nc3nccc(-c4ccc(C#N)cc4)n3n2)ccc1-n1cnc(C)c1. The van der Waals surface area contributed by atoms with Gasteiger partial charge in [-0.1, -0.05) is 12.1 Å². The minimum Gasteiger partial charge on any atom is -0.494 e. The summed E-state index contributed by atoms with van der Waals surface area (Å²) in [4.78, 5) is 13.1. The largest absolute Gasteiger partial charge is 0.494 e. The molecule has 5 rings (SSSR count). The van der Waals surface area contributed by atoms with E-state index < -0.39 is 0 Å². The Kier molecular flexibility index (Phi) is 4.72. The maximum atomic E-state index is 9.03. The van der Waals surface area contributed by atoms with Gasteiger partial charge in [-0.25, -0.2) is 9.97 Å². The van der Waals surface area contributed by atoms with Gasteiger partial charge in [0, 0.05) is 29.7 Å². The van der Waals surface area contributed by atoms with Gasteiger partial charge in [-0.3, -0.25) is 0 Å². The van der Waals surface area contributed by atoms with Crippen LogP contribution in [0.15, 0.2) is 67.3 Å². The van der Waals surface area contributed by atoms with Crippen LogP contribution < -0.4 is 10.1 Å². The van der Waals surface area contributed by atoms with Gasteiger partial charge in [-0.15, -0.1) is 5.10 Å². The Bertz CT molecular complexity index is 1460. The molecule has 0 amide bonds. The van der Waals surface area contributed by atoms with Crippen LogP contribution in [0, 0.1) is 18.3 Å². The van der Waals surface area contributed by atoms with Crippen LogP contribution in [0.1, 0.15) is 11.3 Å². The van der Waals surface area contributed by atoms with E-state index in [1.54, 1.807) is 36.3 Å². The highest BCUT2D eigenvalue weighted by molar-refractivity contribution is 5.65. The molecule has 0 saturated heterocycles. The van der Waals surface area contributed by atoms with E-state index in [1.165, 1.54) is 0 Å². The number of benzene rings is 2. The summed E-state index contributed by atoms with van der Waals surface area (Å²) in [6, 6.07) is 17.0. The van der Waals surface area contributed by atoms with Crippen LogP contribution in [-0.2, 0) is 0 Å². The fourth-order valence-electron chi connectivity index (χ4n) is 3.43. The summed E-state index contributed by atoms with van der Waals surface area (Å²) < 4.78 is 9.15. The van der Waals surface area contributed by atoms with E-state index in [4.69, 9.17) is 10.00 Å². The number of fused-ring (bicyclic) bond motifs is 1. The standard InChI is InChI=1S/C23H18N8O/c1-15-13-30(14-26-15)20-8-7-18(11-21(20)32-2)27-22-28-23-25-10-9-19(31(23)29-22)17-5-3-16(12-24)4-6-17/h3-11,13-14H,1-2H3,(H,27,29). The van der Waals surface area contributed by atoms with Crippen molar-refractivity contribution in [3.63, 3.8) is 0 Å². The third-order valence-corrected chi connectivity index (χ3v) is 4.98. The molecule has 0 spiro atoms. The highest BCUT2D eigenvalue weighted by Crippen LogP contribution is 2.28. The monoisotopic (exact) mass is 422 g/mol. The average molecular weight is 422 g/mol. The van der Waals surface area contributed by atoms with Crippen LogP contribution in [0.25, 0.3) is 22.7 Å². The molecule has 1 N–H and O–H groups in total. The maximum absolute atomic E-state index is 9.03. The van der Waals surface area contributed by atoms with Crippen molar-refractivity contribution < 1.29 is 4.74 Å². The highest BCUT2D eigenvalue weighted by atomic mass is 16.5. The molecule has 5 aromatic rings. The Hall–Kier alpha value is -4.71. The van der Waals surface area contributed by atoms with Gasteiger partial charge in [-0.05, 0) is 37.3 Å². The molecule has 0 saturated carbocycles. The minimum absolute atomic E-state index is 0.409. The van der Waals surface area contributed by atoms with Crippen molar-refractivity contribution >= 4 is 17.4 Å². The zero-order valence-corrected chi connectivity index (χ0v) is 17.4. The van der Waals surface area contributed by atoms with Crippen molar-refractivity contribution in [1.29, 1.82) is 5.26 Å². The predicted molar refractivity (Wildman–Crippen MR) is 119 cm³/mol. The number of methoxy groups -OCH3 is 1. The fourth-order valence-corrected chi connectivity index (χ4v) is 3.43. The summed E-state index contributed by atoms with van der Waals surface area (Å²) in [6.07, 6.45) is 5.37. The van der Waals surface area contributed by atoms with Gasteiger partial charge < -0.3 is 14.6 Å². The second kappa shape index (κ2) is 7.85. The van der Waals surface area contributed by atoms with Crippen LogP contribution >= 0.6 is 0 Å². The summed E-state index contributed by atoms with van der Waals surface area (Å²) in [5.74, 6) is 1.56. The van der Waals surface area contributed by atoms with Gasteiger partial charge in [0.05, 0.1) is 42.1 Å². The number of rotatable bonds is 5. The molecule has 0 unspecified atom stereocenters. The first-order chi connectivity index (χ1) is 15.6. The molecule has 0 bridgehead atoms. The lowest BCUT2D eigenvalue weighted by Gasteiger charge is -2.11. The van der Waals surface area contributed by atoms with E-state index in [1.807, 2.05) is 54.1 Å². The Labute approximate surface area is 183 Å². The van der Waals surface area contributed by atoms with Gasteiger partial charge in [0.1, 0.15) is 5.75 Å². The molecule has 0 aliphatic heterocycles. The van der Waals surface area contributed by atoms with E-state index in [-0.39, 0.29) is 0 Å². The number of hydrogen-bond acceptors (Lipinski definition) is 7. The molecule has 0 aliphatic carbocycles. The van der Waals surface area contributed by atoms with Crippen molar-refractivity contribution in [3.05, 3.63) is 78.5 Å². The number of ether oxygens (including phenoxy) is 1. The maximum Gasteiger partial charge on any atom is 0.254 e. The molecular weight excluding hydrogens is 404 g/mol. The molecule has 0 aliphatic rings. The van der Waals surface area contributed by atoms with Gasteiger partial charge in [-0.2, -0.15) is 14.8 Å². The normalized spacial score (nSPS) is 10.8. The minimum atomic E-state index is 0.409. The molecule has 32 heavy (non-hydrogen) atoms. The van der Waals surface area contributed by atoms with Gasteiger partial charge >= 0.3 is 0 Å². The quantitative estimate of drug-likeness (QED) is 0.458. The zero-order chi connectivity index (χ0) is 22.1. The van der Waals surface area contributed by atoms with Crippen molar-refractivity contribution in [1.82, 2.24) is 29.1 Å². The van der Waals surface area contributed by atoms with Crippen LogP contribution in [0.2, 0.25) is 0 Å². The van der Waals surface area contributed by atoms with E-state index in [2.05, 4.69) is 31.4 Å². The van der Waals surface area contributed by atoms with E-state index in [0.29, 0.717) is 23.0 Å². The molecule has 0 atom stereocenters. The van der Waals surface area contributed by atoms with Gasteiger partial charge in [0.2, 0.25) is 5.95 Å².